The molecule has 0 aromatic heterocycles. The quantitative estimate of drug-likeness (QED) is 0.822. The summed E-state index contributed by atoms with van der Waals surface area (Å²) in [6.45, 7) is 3.69. The van der Waals surface area contributed by atoms with Gasteiger partial charge in [-0.15, -0.1) is 0 Å². The Morgan fingerprint density at radius 1 is 1.11 bits per heavy atom. The van der Waals surface area contributed by atoms with Crippen molar-refractivity contribution >= 4 is 11.9 Å². The molecule has 5 heteroatoms. The molecule has 0 radical (unpaired) electrons. The SMILES string of the molecule is COC(=O)[C@H](NC(=O)c1ccc(OC)cc1)C(C)C. The Labute approximate surface area is 112 Å². The van der Waals surface area contributed by atoms with Crippen molar-refractivity contribution in [3.8, 4) is 5.75 Å². The highest BCUT2D eigenvalue weighted by Gasteiger charge is 2.25. The van der Waals surface area contributed by atoms with E-state index in [9.17, 15) is 9.59 Å². The van der Waals surface area contributed by atoms with Crippen LogP contribution in [0.3, 0.4) is 0 Å². The lowest BCUT2D eigenvalue weighted by Gasteiger charge is -2.19. The van der Waals surface area contributed by atoms with Gasteiger partial charge in [0.15, 0.2) is 0 Å². The van der Waals surface area contributed by atoms with Crippen LogP contribution in [0.1, 0.15) is 24.2 Å². The third-order valence-electron chi connectivity index (χ3n) is 2.76. The monoisotopic (exact) mass is 265 g/mol. The molecular weight excluding hydrogens is 246 g/mol. The first-order valence-electron chi connectivity index (χ1n) is 6.02. The van der Waals surface area contributed by atoms with Gasteiger partial charge in [0.05, 0.1) is 14.2 Å². The molecule has 1 amide bonds. The molecule has 0 aliphatic heterocycles. The molecule has 19 heavy (non-hydrogen) atoms. The van der Waals surface area contributed by atoms with E-state index in [1.54, 1.807) is 31.4 Å². The predicted molar refractivity (Wildman–Crippen MR) is 71.1 cm³/mol. The van der Waals surface area contributed by atoms with E-state index in [4.69, 9.17) is 4.74 Å². The molecule has 0 fully saturated rings. The lowest BCUT2D eigenvalue weighted by atomic mass is 10.0. The molecule has 0 aliphatic carbocycles. The highest BCUT2D eigenvalue weighted by Crippen LogP contribution is 2.12. The third kappa shape index (κ3) is 3.98. The molecule has 1 atom stereocenters. The van der Waals surface area contributed by atoms with Crippen molar-refractivity contribution in [1.82, 2.24) is 5.32 Å². The highest BCUT2D eigenvalue weighted by atomic mass is 16.5. The molecule has 0 unspecified atom stereocenters. The third-order valence-corrected chi connectivity index (χ3v) is 2.76. The zero-order valence-electron chi connectivity index (χ0n) is 11.6. The van der Waals surface area contributed by atoms with E-state index >= 15 is 0 Å². The van der Waals surface area contributed by atoms with Crippen LogP contribution in [0.4, 0.5) is 0 Å². The van der Waals surface area contributed by atoms with Crippen LogP contribution in [0.15, 0.2) is 24.3 Å². The second-order valence-electron chi connectivity index (χ2n) is 4.45. The summed E-state index contributed by atoms with van der Waals surface area (Å²) >= 11 is 0. The number of methoxy groups -OCH3 is 2. The zero-order chi connectivity index (χ0) is 14.4. The number of carbonyl (C=O) groups is 2. The summed E-state index contributed by atoms with van der Waals surface area (Å²) < 4.78 is 9.69. The smallest absolute Gasteiger partial charge is 0.328 e. The van der Waals surface area contributed by atoms with Crippen LogP contribution in [0.2, 0.25) is 0 Å². The zero-order valence-corrected chi connectivity index (χ0v) is 11.6. The molecule has 0 saturated carbocycles. The van der Waals surface area contributed by atoms with Gasteiger partial charge in [0, 0.05) is 5.56 Å². The largest absolute Gasteiger partial charge is 0.497 e. The molecule has 0 aliphatic rings. The first kappa shape index (κ1) is 15.0. The van der Waals surface area contributed by atoms with Crippen molar-refractivity contribution in [1.29, 1.82) is 0 Å². The van der Waals surface area contributed by atoms with Crippen molar-refractivity contribution in [3.05, 3.63) is 29.8 Å². The highest BCUT2D eigenvalue weighted by molar-refractivity contribution is 5.96. The van der Waals surface area contributed by atoms with E-state index in [0.29, 0.717) is 11.3 Å². The number of ether oxygens (including phenoxy) is 2. The van der Waals surface area contributed by atoms with Crippen molar-refractivity contribution in [2.75, 3.05) is 14.2 Å². The van der Waals surface area contributed by atoms with Crippen LogP contribution < -0.4 is 10.1 Å². The van der Waals surface area contributed by atoms with Crippen molar-refractivity contribution < 1.29 is 19.1 Å². The number of rotatable bonds is 5. The van der Waals surface area contributed by atoms with Gasteiger partial charge in [0.1, 0.15) is 11.8 Å². The fourth-order valence-corrected chi connectivity index (χ4v) is 1.59. The molecule has 0 heterocycles. The number of hydrogen-bond donors (Lipinski definition) is 1. The predicted octanol–water partition coefficient (Wildman–Crippen LogP) is 1.62. The molecule has 1 rings (SSSR count). The fraction of sp³-hybridized carbons (Fsp3) is 0.429. The standard InChI is InChI=1S/C14H19NO4/c1-9(2)12(14(17)19-4)15-13(16)10-5-7-11(18-3)8-6-10/h5-9,12H,1-4H3,(H,15,16)/t12-/m1/s1. The second kappa shape index (κ2) is 6.78. The average Bonchev–Trinajstić information content (AvgIpc) is 2.43. The van der Waals surface area contributed by atoms with Gasteiger partial charge in [-0.05, 0) is 30.2 Å². The van der Waals surface area contributed by atoms with Crippen LogP contribution in [0.5, 0.6) is 5.75 Å². The van der Waals surface area contributed by atoms with E-state index in [1.165, 1.54) is 7.11 Å². The van der Waals surface area contributed by atoms with Crippen LogP contribution in [0, 0.1) is 5.92 Å². The minimum Gasteiger partial charge on any atom is -0.497 e. The molecule has 0 saturated heterocycles. The van der Waals surface area contributed by atoms with Gasteiger partial charge >= 0.3 is 5.97 Å². The van der Waals surface area contributed by atoms with Crippen LogP contribution in [-0.2, 0) is 9.53 Å². The molecule has 1 aromatic carbocycles. The number of nitrogens with one attached hydrogen (secondary N) is 1. The summed E-state index contributed by atoms with van der Waals surface area (Å²) in [5.74, 6) is -0.136. The minimum absolute atomic E-state index is 0.0466. The second-order valence-corrected chi connectivity index (χ2v) is 4.45. The summed E-state index contributed by atoms with van der Waals surface area (Å²) in [7, 11) is 2.86. The lowest BCUT2D eigenvalue weighted by molar-refractivity contribution is -0.144. The van der Waals surface area contributed by atoms with Gasteiger partial charge in [-0.3, -0.25) is 4.79 Å². The summed E-state index contributed by atoms with van der Waals surface area (Å²) in [5, 5.41) is 2.67. The maximum Gasteiger partial charge on any atom is 0.328 e. The normalized spacial score (nSPS) is 11.8. The van der Waals surface area contributed by atoms with Crippen molar-refractivity contribution in [2.24, 2.45) is 5.92 Å². The molecule has 0 spiro atoms. The van der Waals surface area contributed by atoms with E-state index in [-0.39, 0.29) is 11.8 Å². The van der Waals surface area contributed by atoms with Crippen molar-refractivity contribution in [2.45, 2.75) is 19.9 Å². The Hall–Kier alpha value is -2.04. The summed E-state index contributed by atoms with van der Waals surface area (Å²) in [6, 6.07) is 6.01. The number of carbonyl (C=O) groups excluding carboxylic acids is 2. The molecule has 1 N–H and O–H groups in total. The van der Waals surface area contributed by atoms with Crippen LogP contribution in [0.25, 0.3) is 0 Å². The maximum atomic E-state index is 12.0. The number of benzene rings is 1. The molecule has 104 valence electrons. The Kier molecular flexibility index (Phi) is 5.36. The molecule has 5 nitrogen and oxygen atoms in total. The van der Waals surface area contributed by atoms with Gasteiger partial charge < -0.3 is 14.8 Å². The van der Waals surface area contributed by atoms with Crippen molar-refractivity contribution in [3.63, 3.8) is 0 Å². The topological polar surface area (TPSA) is 64.6 Å². The first-order chi connectivity index (χ1) is 8.99. The molecule has 0 bridgehead atoms. The Bertz CT molecular complexity index is 439. The molecule has 1 aromatic rings. The van der Waals surface area contributed by atoms with Crippen LogP contribution >= 0.6 is 0 Å². The molecular formula is C14H19NO4. The van der Waals surface area contributed by atoms with E-state index in [1.807, 2.05) is 13.8 Å². The fourth-order valence-electron chi connectivity index (χ4n) is 1.59. The van der Waals surface area contributed by atoms with Gasteiger partial charge in [0.2, 0.25) is 0 Å². The summed E-state index contributed by atoms with van der Waals surface area (Å²) in [5.41, 5.74) is 0.468. The van der Waals surface area contributed by atoms with E-state index < -0.39 is 12.0 Å². The summed E-state index contributed by atoms with van der Waals surface area (Å²) in [6.07, 6.45) is 0. The lowest BCUT2D eigenvalue weighted by Crippen LogP contribution is -2.45. The van der Waals surface area contributed by atoms with E-state index in [2.05, 4.69) is 10.1 Å². The Morgan fingerprint density at radius 2 is 1.68 bits per heavy atom. The van der Waals surface area contributed by atoms with E-state index in [0.717, 1.165) is 0 Å². The number of hydrogen-bond acceptors (Lipinski definition) is 4. The van der Waals surface area contributed by atoms with Gasteiger partial charge in [-0.1, -0.05) is 13.8 Å². The maximum absolute atomic E-state index is 12.0. The Balaban J connectivity index is 2.78. The average molecular weight is 265 g/mol. The van der Waals surface area contributed by atoms with Gasteiger partial charge in [-0.25, -0.2) is 4.79 Å². The van der Waals surface area contributed by atoms with Gasteiger partial charge in [-0.2, -0.15) is 0 Å². The summed E-state index contributed by atoms with van der Waals surface area (Å²) in [4.78, 5) is 23.6. The van der Waals surface area contributed by atoms with Gasteiger partial charge in [0.25, 0.3) is 5.91 Å². The number of amides is 1. The number of esters is 1. The minimum atomic E-state index is -0.653. The Morgan fingerprint density at radius 3 is 2.11 bits per heavy atom. The first-order valence-corrected chi connectivity index (χ1v) is 6.02. The van der Waals surface area contributed by atoms with Crippen LogP contribution in [-0.4, -0.2) is 32.1 Å².